The van der Waals surface area contributed by atoms with Crippen molar-refractivity contribution in [3.63, 3.8) is 0 Å². The summed E-state index contributed by atoms with van der Waals surface area (Å²) in [5, 5.41) is 4.67. The number of rotatable bonds is 8. The summed E-state index contributed by atoms with van der Waals surface area (Å²) in [5.74, 6) is 0.973. The quantitative estimate of drug-likeness (QED) is 0.294. The maximum absolute atomic E-state index is 13.4. The summed E-state index contributed by atoms with van der Waals surface area (Å²) in [5.41, 5.74) is 6.24. The predicted molar refractivity (Wildman–Crippen MR) is 148 cm³/mol. The van der Waals surface area contributed by atoms with Crippen molar-refractivity contribution in [1.29, 1.82) is 0 Å². The van der Waals surface area contributed by atoms with E-state index in [4.69, 9.17) is 0 Å². The summed E-state index contributed by atoms with van der Waals surface area (Å²) >= 11 is 0. The topological polar surface area (TPSA) is 34.0 Å². The van der Waals surface area contributed by atoms with Crippen LogP contribution in [0, 0.1) is 12.8 Å². The molecule has 2 heterocycles. The van der Waals surface area contributed by atoms with Gasteiger partial charge in [-0.1, -0.05) is 78.4 Å². The summed E-state index contributed by atoms with van der Waals surface area (Å²) in [6.45, 7) is 5.03. The van der Waals surface area contributed by atoms with Crippen molar-refractivity contribution >= 4 is 29.1 Å². The molecule has 3 aromatic carbocycles. The van der Waals surface area contributed by atoms with Crippen LogP contribution in [-0.2, 0) is 11.3 Å². The molecule has 1 unspecified atom stereocenters. The van der Waals surface area contributed by atoms with Crippen LogP contribution >= 0.6 is 12.4 Å². The number of Topliss-reactive ketones (excluding diaryl/α,β-unsaturated/α-hetero) is 1. The summed E-state index contributed by atoms with van der Waals surface area (Å²) < 4.78 is 2.35. The van der Waals surface area contributed by atoms with E-state index in [1.165, 1.54) is 33.2 Å². The van der Waals surface area contributed by atoms with Gasteiger partial charge in [0.25, 0.3) is 0 Å². The molecule has 1 N–H and O–H groups in total. The summed E-state index contributed by atoms with van der Waals surface area (Å²) in [6.07, 6.45) is 5.77. The lowest BCUT2D eigenvalue weighted by molar-refractivity contribution is -0.120. The van der Waals surface area contributed by atoms with E-state index in [2.05, 4.69) is 102 Å². The molecule has 182 valence electrons. The smallest absolute Gasteiger partial charge is 0.134 e. The molecule has 1 saturated heterocycles. The average molecular weight is 487 g/mol. The summed E-state index contributed by atoms with van der Waals surface area (Å²) in [7, 11) is 0. The monoisotopic (exact) mass is 486 g/mol. The molecule has 1 aliphatic heterocycles. The van der Waals surface area contributed by atoms with Gasteiger partial charge in [-0.3, -0.25) is 4.79 Å². The van der Waals surface area contributed by atoms with E-state index in [9.17, 15) is 4.79 Å². The molecule has 1 aliphatic rings. The van der Waals surface area contributed by atoms with Crippen LogP contribution in [0.1, 0.15) is 53.9 Å². The molecule has 35 heavy (non-hydrogen) atoms. The predicted octanol–water partition coefficient (Wildman–Crippen LogP) is 6.90. The minimum absolute atomic E-state index is 0. The molecule has 1 atom stereocenters. The minimum atomic E-state index is 0. The second kappa shape index (κ2) is 11.7. The molecule has 1 fully saturated rings. The lowest BCUT2D eigenvalue weighted by Gasteiger charge is -2.23. The first-order valence-electron chi connectivity index (χ1n) is 12.6. The highest BCUT2D eigenvalue weighted by Gasteiger charge is 2.25. The van der Waals surface area contributed by atoms with Gasteiger partial charge in [-0.15, -0.1) is 12.4 Å². The molecule has 5 rings (SSSR count). The number of nitrogens with one attached hydrogen (secondary N) is 1. The van der Waals surface area contributed by atoms with Crippen LogP contribution in [-0.4, -0.2) is 23.4 Å². The molecule has 0 radical (unpaired) electrons. The van der Waals surface area contributed by atoms with Gasteiger partial charge in [0.15, 0.2) is 0 Å². The van der Waals surface area contributed by atoms with E-state index < -0.39 is 0 Å². The Morgan fingerprint density at radius 2 is 1.71 bits per heavy atom. The van der Waals surface area contributed by atoms with Gasteiger partial charge in [0.1, 0.15) is 5.78 Å². The number of halogens is 1. The number of nitrogens with zero attached hydrogens (tertiary/aromatic N) is 1. The van der Waals surface area contributed by atoms with Crippen molar-refractivity contribution in [2.24, 2.45) is 5.92 Å². The lowest BCUT2D eigenvalue weighted by atomic mass is 9.83. The normalized spacial score (nSPS) is 15.0. The number of fused-ring (bicyclic) bond motifs is 1. The van der Waals surface area contributed by atoms with E-state index in [0.717, 1.165) is 32.5 Å². The third kappa shape index (κ3) is 6.04. The molecule has 0 spiro atoms. The molecule has 0 saturated carbocycles. The number of carbonyl (C=O) groups is 1. The SMILES string of the molecule is Cc1cccc(C(CC(=O)CC2CCNCC2)c2cn(Cc3ccccc3)c3ccccc23)c1.Cl. The largest absolute Gasteiger partial charge is 0.343 e. The second-order valence-electron chi connectivity index (χ2n) is 9.82. The number of ketones is 1. The first-order valence-corrected chi connectivity index (χ1v) is 12.6. The van der Waals surface area contributed by atoms with Crippen molar-refractivity contribution in [2.45, 2.75) is 45.1 Å². The van der Waals surface area contributed by atoms with Gasteiger partial charge in [-0.25, -0.2) is 0 Å². The zero-order valence-electron chi connectivity index (χ0n) is 20.5. The van der Waals surface area contributed by atoms with Crippen LogP contribution in [0.3, 0.4) is 0 Å². The van der Waals surface area contributed by atoms with Crippen LogP contribution in [0.15, 0.2) is 85.1 Å². The third-order valence-corrected chi connectivity index (χ3v) is 7.24. The van der Waals surface area contributed by atoms with Crippen molar-refractivity contribution in [2.75, 3.05) is 13.1 Å². The highest BCUT2D eigenvalue weighted by atomic mass is 35.5. The molecule has 1 aromatic heterocycles. The second-order valence-corrected chi connectivity index (χ2v) is 9.82. The Hall–Kier alpha value is -2.88. The number of benzene rings is 3. The summed E-state index contributed by atoms with van der Waals surface area (Å²) in [6, 6.07) is 27.9. The number of para-hydroxylation sites is 1. The zero-order chi connectivity index (χ0) is 23.3. The molecule has 4 aromatic rings. The lowest BCUT2D eigenvalue weighted by Crippen LogP contribution is -2.29. The Kier molecular flexibility index (Phi) is 8.43. The highest BCUT2D eigenvalue weighted by molar-refractivity contribution is 5.87. The number of aryl methyl sites for hydroxylation is 1. The van der Waals surface area contributed by atoms with E-state index >= 15 is 0 Å². The van der Waals surface area contributed by atoms with Crippen molar-refractivity contribution in [3.05, 3.63) is 107 Å². The number of hydrogen-bond donors (Lipinski definition) is 1. The molecular weight excluding hydrogens is 452 g/mol. The standard InChI is InChI=1S/C31H34N2O.ClH/c1-23-8-7-11-26(18-23)29(20-27(34)19-24-14-16-32-17-15-24)30-22-33(21-25-9-3-2-4-10-25)31-13-6-5-12-28(30)31;/h2-13,18,22,24,29,32H,14-17,19-21H2,1H3;1H. The van der Waals surface area contributed by atoms with Gasteiger partial charge in [0.2, 0.25) is 0 Å². The minimum Gasteiger partial charge on any atom is -0.343 e. The molecular formula is C31H35ClN2O. The fourth-order valence-electron chi connectivity index (χ4n) is 5.48. The van der Waals surface area contributed by atoms with Crippen molar-refractivity contribution in [1.82, 2.24) is 9.88 Å². The Labute approximate surface area is 215 Å². The first-order chi connectivity index (χ1) is 16.7. The maximum atomic E-state index is 13.4. The zero-order valence-corrected chi connectivity index (χ0v) is 21.3. The summed E-state index contributed by atoms with van der Waals surface area (Å²) in [4.78, 5) is 13.4. The van der Waals surface area contributed by atoms with Crippen molar-refractivity contribution < 1.29 is 4.79 Å². The van der Waals surface area contributed by atoms with Gasteiger partial charge in [-0.05, 0) is 61.5 Å². The Bertz CT molecular complexity index is 1260. The molecule has 4 heteroatoms. The number of carbonyl (C=O) groups excluding carboxylic acids is 1. The fraction of sp³-hybridized carbons (Fsp3) is 0.323. The Morgan fingerprint density at radius 1 is 0.971 bits per heavy atom. The van der Waals surface area contributed by atoms with Gasteiger partial charge >= 0.3 is 0 Å². The van der Waals surface area contributed by atoms with Gasteiger partial charge in [-0.2, -0.15) is 0 Å². The van der Waals surface area contributed by atoms with Gasteiger partial charge in [0, 0.05) is 42.4 Å². The maximum Gasteiger partial charge on any atom is 0.134 e. The van der Waals surface area contributed by atoms with E-state index in [1.54, 1.807) is 0 Å². The van der Waals surface area contributed by atoms with Gasteiger partial charge in [0.05, 0.1) is 0 Å². The fourth-order valence-corrected chi connectivity index (χ4v) is 5.48. The van der Waals surface area contributed by atoms with E-state index in [-0.39, 0.29) is 18.3 Å². The average Bonchev–Trinajstić information content (AvgIpc) is 3.22. The Balaban J connectivity index is 0.00000289. The van der Waals surface area contributed by atoms with Crippen LogP contribution in [0.4, 0.5) is 0 Å². The molecule has 3 nitrogen and oxygen atoms in total. The molecule has 0 aliphatic carbocycles. The van der Waals surface area contributed by atoms with Crippen LogP contribution < -0.4 is 5.32 Å². The number of piperidine rings is 1. The van der Waals surface area contributed by atoms with E-state index in [1.807, 2.05) is 0 Å². The third-order valence-electron chi connectivity index (χ3n) is 7.24. The van der Waals surface area contributed by atoms with Gasteiger partial charge < -0.3 is 9.88 Å². The van der Waals surface area contributed by atoms with Crippen LogP contribution in [0.5, 0.6) is 0 Å². The van der Waals surface area contributed by atoms with Crippen molar-refractivity contribution in [3.8, 4) is 0 Å². The number of aromatic nitrogens is 1. The van der Waals surface area contributed by atoms with Crippen LogP contribution in [0.25, 0.3) is 10.9 Å². The Morgan fingerprint density at radius 3 is 2.49 bits per heavy atom. The first kappa shape index (κ1) is 25.2. The van der Waals surface area contributed by atoms with Crippen LogP contribution in [0.2, 0.25) is 0 Å². The number of hydrogen-bond acceptors (Lipinski definition) is 2. The highest BCUT2D eigenvalue weighted by Crippen LogP contribution is 2.36. The van der Waals surface area contributed by atoms with E-state index in [0.29, 0.717) is 24.5 Å². The molecule has 0 amide bonds. The molecule has 0 bridgehead atoms.